The summed E-state index contributed by atoms with van der Waals surface area (Å²) < 4.78 is 45.1. The molecule has 0 saturated carbocycles. The molecule has 0 fully saturated rings. The molecule has 0 bridgehead atoms. The minimum absolute atomic E-state index is 0.510. The van der Waals surface area contributed by atoms with Crippen molar-refractivity contribution < 1.29 is 13.2 Å². The second-order valence-electron chi connectivity index (χ2n) is 8.71. The average Bonchev–Trinajstić information content (AvgIpc) is 2.63. The molecule has 1 rings (SSSR count). The number of hydrogen-bond donors (Lipinski definition) is 0. The first-order valence-corrected chi connectivity index (χ1v) is 19.1. The van der Waals surface area contributed by atoms with E-state index in [0.717, 1.165) is 10.0 Å². The van der Waals surface area contributed by atoms with Gasteiger partial charge in [-0.05, 0) is 0 Å². The van der Waals surface area contributed by atoms with Gasteiger partial charge in [-0.15, -0.1) is 0 Å². The van der Waals surface area contributed by atoms with Gasteiger partial charge < -0.3 is 0 Å². The Morgan fingerprint density at radius 3 is 1.71 bits per heavy atom. The predicted octanol–water partition coefficient (Wildman–Crippen LogP) is 7.70. The topological polar surface area (TPSA) is 3.24 Å². The fourth-order valence-electron chi connectivity index (χ4n) is 4.16. The van der Waals surface area contributed by atoms with E-state index in [2.05, 4.69) is 20.8 Å². The van der Waals surface area contributed by atoms with Crippen LogP contribution in [0.1, 0.15) is 76.0 Å². The van der Waals surface area contributed by atoms with Gasteiger partial charge in [-0.1, -0.05) is 0 Å². The van der Waals surface area contributed by atoms with Gasteiger partial charge in [0.15, 0.2) is 0 Å². The van der Waals surface area contributed by atoms with Gasteiger partial charge in [0.05, 0.1) is 0 Å². The van der Waals surface area contributed by atoms with Crippen LogP contribution < -0.4 is 0 Å². The molecule has 1 aromatic rings. The van der Waals surface area contributed by atoms with E-state index >= 15 is 0 Å². The van der Waals surface area contributed by atoms with Crippen molar-refractivity contribution in [2.24, 2.45) is 0 Å². The first-order valence-electron chi connectivity index (χ1n) is 11.0. The summed E-state index contributed by atoms with van der Waals surface area (Å²) in [6, 6.07) is 4.52. The van der Waals surface area contributed by atoms with Gasteiger partial charge in [-0.3, -0.25) is 0 Å². The van der Waals surface area contributed by atoms with E-state index in [1.54, 1.807) is 6.07 Å². The Labute approximate surface area is 175 Å². The zero-order valence-corrected chi connectivity index (χ0v) is 21.4. The number of nitrogens with zero attached hydrogens (tertiary/aromatic N) is 1. The molecule has 0 atom stereocenters. The van der Waals surface area contributed by atoms with E-state index in [0.29, 0.717) is 6.54 Å². The van der Waals surface area contributed by atoms with Crippen molar-refractivity contribution in [3.63, 3.8) is 0 Å². The van der Waals surface area contributed by atoms with Gasteiger partial charge in [-0.2, -0.15) is 0 Å². The molecule has 0 aliphatic carbocycles. The van der Waals surface area contributed by atoms with Gasteiger partial charge in [0.25, 0.3) is 0 Å². The van der Waals surface area contributed by atoms with E-state index in [-0.39, 0.29) is 0 Å². The van der Waals surface area contributed by atoms with Crippen LogP contribution in [0.15, 0.2) is 18.2 Å². The Hall–Kier alpha value is -0.231. The number of alkyl halides is 3. The van der Waals surface area contributed by atoms with Crippen molar-refractivity contribution >= 4 is 18.4 Å². The maximum absolute atomic E-state index is 13.3. The second-order valence-corrected chi connectivity index (χ2v) is 22.6. The van der Waals surface area contributed by atoms with Gasteiger partial charge in [0.1, 0.15) is 0 Å². The first-order chi connectivity index (χ1) is 13.2. The standard InChI is InChI=1S/C11H13F3N.3C4H9.Sn/c1-8-4-5-10(11(12,13)14)6-9(8)7-15(2)3;3*1-3-4-2;/h4-6H,1,7H2,2-3H3;3*1,3-4H2,2H3;. The van der Waals surface area contributed by atoms with Crippen LogP contribution in [-0.2, 0) is 17.2 Å². The van der Waals surface area contributed by atoms with E-state index in [1.165, 1.54) is 69.5 Å². The van der Waals surface area contributed by atoms with Crippen molar-refractivity contribution in [1.29, 1.82) is 0 Å². The Morgan fingerprint density at radius 1 is 0.821 bits per heavy atom. The van der Waals surface area contributed by atoms with Crippen LogP contribution in [0.3, 0.4) is 0 Å². The van der Waals surface area contributed by atoms with Crippen LogP contribution in [0.2, 0.25) is 13.3 Å². The SMILES string of the molecule is CCC[CH2][Sn]([CH2]CCC)([CH2]CCC)[CH2]c1ccc(C(F)(F)F)cc1CN(C)C. The fourth-order valence-corrected chi connectivity index (χ4v) is 20.6. The molecule has 0 heterocycles. The molecule has 1 nitrogen and oxygen atoms in total. The summed E-state index contributed by atoms with van der Waals surface area (Å²) in [5.41, 5.74) is 1.57. The number of hydrogen-bond acceptors (Lipinski definition) is 1. The Morgan fingerprint density at radius 2 is 1.32 bits per heavy atom. The average molecular weight is 506 g/mol. The van der Waals surface area contributed by atoms with Crippen LogP contribution in [0.5, 0.6) is 0 Å². The molecule has 5 heteroatoms. The first kappa shape index (κ1) is 25.8. The Bertz CT molecular complexity index is 548. The predicted molar refractivity (Wildman–Crippen MR) is 117 cm³/mol. The zero-order valence-electron chi connectivity index (χ0n) is 18.6. The van der Waals surface area contributed by atoms with Gasteiger partial charge in [0.2, 0.25) is 0 Å². The van der Waals surface area contributed by atoms with E-state index in [4.69, 9.17) is 0 Å². The third kappa shape index (κ3) is 8.64. The molecule has 162 valence electrons. The number of benzene rings is 1. The molecule has 0 radical (unpaired) electrons. The molecular formula is C23H40F3NSn. The summed E-state index contributed by atoms with van der Waals surface area (Å²) in [6.07, 6.45) is 3.23. The summed E-state index contributed by atoms with van der Waals surface area (Å²) in [5.74, 6) is 0. The monoisotopic (exact) mass is 507 g/mol. The van der Waals surface area contributed by atoms with Crippen molar-refractivity contribution in [2.45, 2.75) is 89.8 Å². The number of unbranched alkanes of at least 4 members (excludes halogenated alkanes) is 3. The second kappa shape index (κ2) is 12.5. The van der Waals surface area contributed by atoms with E-state index < -0.39 is 30.1 Å². The Balaban J connectivity index is 3.28. The number of rotatable bonds is 13. The molecule has 1 aromatic carbocycles. The summed E-state index contributed by atoms with van der Waals surface area (Å²) in [4.78, 5) is 1.99. The van der Waals surface area contributed by atoms with Crippen LogP contribution in [0.25, 0.3) is 0 Å². The summed E-state index contributed by atoms with van der Waals surface area (Å²) in [6.45, 7) is 7.35. The van der Waals surface area contributed by atoms with Crippen LogP contribution in [-0.4, -0.2) is 37.4 Å². The van der Waals surface area contributed by atoms with Gasteiger partial charge in [0, 0.05) is 0 Å². The molecular weight excluding hydrogens is 466 g/mol. The molecule has 0 unspecified atom stereocenters. The van der Waals surface area contributed by atoms with Gasteiger partial charge >= 0.3 is 175 Å². The quantitative estimate of drug-likeness (QED) is 0.248. The third-order valence-corrected chi connectivity index (χ3v) is 21.1. The molecule has 0 N–H and O–H groups in total. The third-order valence-electron chi connectivity index (χ3n) is 5.77. The molecule has 0 aromatic heterocycles. The van der Waals surface area contributed by atoms with Crippen LogP contribution in [0.4, 0.5) is 13.2 Å². The van der Waals surface area contributed by atoms with Gasteiger partial charge in [-0.25, -0.2) is 0 Å². The van der Waals surface area contributed by atoms with Crippen molar-refractivity contribution in [3.05, 3.63) is 34.9 Å². The maximum atomic E-state index is 13.3. The van der Waals surface area contributed by atoms with Crippen LogP contribution in [0, 0.1) is 0 Å². The van der Waals surface area contributed by atoms with E-state index in [9.17, 15) is 13.2 Å². The molecule has 0 aliphatic heterocycles. The normalized spacial score (nSPS) is 12.8. The minimum atomic E-state index is -4.27. The molecule has 0 saturated heterocycles. The molecule has 28 heavy (non-hydrogen) atoms. The van der Waals surface area contributed by atoms with Crippen molar-refractivity contribution in [2.75, 3.05) is 14.1 Å². The summed E-state index contributed by atoms with van der Waals surface area (Å²) >= 11 is -2.44. The Kier molecular flexibility index (Phi) is 11.5. The van der Waals surface area contributed by atoms with Crippen molar-refractivity contribution in [1.82, 2.24) is 4.90 Å². The molecule has 0 amide bonds. The molecule has 0 aliphatic rings. The molecule has 0 spiro atoms. The summed E-state index contributed by atoms with van der Waals surface area (Å²) in [7, 11) is 3.87. The van der Waals surface area contributed by atoms with Crippen LogP contribution >= 0.6 is 0 Å². The van der Waals surface area contributed by atoms with Crippen molar-refractivity contribution in [3.8, 4) is 0 Å². The number of halogens is 3. The van der Waals surface area contributed by atoms with E-state index in [1.807, 2.05) is 19.0 Å². The fraction of sp³-hybridized carbons (Fsp3) is 0.739. The summed E-state index contributed by atoms with van der Waals surface area (Å²) in [5, 5.41) is 0. The zero-order chi connectivity index (χ0) is 21.2.